The molecule has 1 aliphatic rings. The molecule has 0 aromatic carbocycles. The second-order valence-corrected chi connectivity index (χ2v) is 6.60. The molecule has 4 nitrogen and oxygen atoms in total. The molecular weight excluding hydrogens is 280 g/mol. The van der Waals surface area contributed by atoms with Crippen molar-refractivity contribution in [3.8, 4) is 11.4 Å². The Balaban J connectivity index is 2.00. The Morgan fingerprint density at radius 1 is 1.42 bits per heavy atom. The van der Waals surface area contributed by atoms with Gasteiger partial charge in [0.25, 0.3) is 5.56 Å². The van der Waals surface area contributed by atoms with E-state index >= 15 is 0 Å². The van der Waals surface area contributed by atoms with E-state index in [4.69, 9.17) is 4.42 Å². The summed E-state index contributed by atoms with van der Waals surface area (Å²) in [5.74, 6) is 2.66. The summed E-state index contributed by atoms with van der Waals surface area (Å²) >= 11 is 3.56. The van der Waals surface area contributed by atoms with Gasteiger partial charge in [-0.05, 0) is 23.8 Å². The first kappa shape index (κ1) is 11.3. The highest BCUT2D eigenvalue weighted by molar-refractivity contribution is 7.98. The van der Waals surface area contributed by atoms with Crippen molar-refractivity contribution in [2.75, 3.05) is 5.75 Å². The first-order chi connectivity index (χ1) is 9.33. The highest BCUT2D eigenvalue weighted by atomic mass is 32.2. The molecule has 0 bridgehead atoms. The van der Waals surface area contributed by atoms with E-state index in [2.05, 4.69) is 9.97 Å². The van der Waals surface area contributed by atoms with Crippen molar-refractivity contribution < 1.29 is 4.42 Å². The van der Waals surface area contributed by atoms with Crippen LogP contribution in [0.4, 0.5) is 0 Å². The van der Waals surface area contributed by atoms with E-state index in [1.807, 2.05) is 11.8 Å². The highest BCUT2D eigenvalue weighted by Crippen LogP contribution is 2.35. The predicted octanol–water partition coefficient (Wildman–Crippen LogP) is 3.03. The van der Waals surface area contributed by atoms with Gasteiger partial charge < -0.3 is 9.40 Å². The number of fused-ring (bicyclic) bond motifs is 3. The number of nitrogens with zero attached hydrogens (tertiary/aromatic N) is 1. The smallest absolute Gasteiger partial charge is 0.260 e. The molecule has 0 unspecified atom stereocenters. The van der Waals surface area contributed by atoms with Crippen LogP contribution in [0.1, 0.15) is 10.4 Å². The van der Waals surface area contributed by atoms with Crippen LogP contribution in [0.2, 0.25) is 0 Å². The summed E-state index contributed by atoms with van der Waals surface area (Å²) < 4.78 is 5.04. The second-order valence-electron chi connectivity index (χ2n) is 4.41. The van der Waals surface area contributed by atoms with Gasteiger partial charge in [-0.1, -0.05) is 0 Å². The average molecular weight is 290 g/mol. The molecule has 0 amide bonds. The van der Waals surface area contributed by atoms with Crippen LogP contribution in [-0.4, -0.2) is 15.7 Å². The van der Waals surface area contributed by atoms with E-state index in [0.29, 0.717) is 5.82 Å². The number of hydrogen-bond donors (Lipinski definition) is 1. The third-order valence-electron chi connectivity index (χ3n) is 3.27. The molecule has 4 heterocycles. The summed E-state index contributed by atoms with van der Waals surface area (Å²) in [4.78, 5) is 21.9. The van der Waals surface area contributed by atoms with Crippen molar-refractivity contribution in [3.05, 3.63) is 39.4 Å². The van der Waals surface area contributed by atoms with Gasteiger partial charge >= 0.3 is 0 Å². The van der Waals surface area contributed by atoms with Crippen LogP contribution in [0.25, 0.3) is 21.6 Å². The van der Waals surface area contributed by atoms with Crippen molar-refractivity contribution in [1.82, 2.24) is 9.97 Å². The number of thiophene rings is 1. The monoisotopic (exact) mass is 290 g/mol. The Bertz CT molecular complexity index is 802. The number of rotatable bonds is 1. The molecule has 0 saturated carbocycles. The van der Waals surface area contributed by atoms with Crippen molar-refractivity contribution in [2.24, 2.45) is 0 Å². The second kappa shape index (κ2) is 4.25. The molecule has 0 fully saturated rings. The molecule has 3 aromatic heterocycles. The molecule has 4 rings (SSSR count). The summed E-state index contributed by atoms with van der Waals surface area (Å²) in [6.07, 6.45) is 4.14. The maximum absolute atomic E-state index is 12.3. The lowest BCUT2D eigenvalue weighted by atomic mass is 10.1. The number of aromatic nitrogens is 2. The average Bonchev–Trinajstić information content (AvgIpc) is 3.05. The van der Waals surface area contributed by atoms with Crippen molar-refractivity contribution in [2.45, 2.75) is 12.2 Å². The van der Waals surface area contributed by atoms with Gasteiger partial charge in [0.05, 0.1) is 17.2 Å². The predicted molar refractivity (Wildman–Crippen MR) is 77.8 cm³/mol. The van der Waals surface area contributed by atoms with Gasteiger partial charge in [0, 0.05) is 10.6 Å². The van der Waals surface area contributed by atoms with Gasteiger partial charge in [-0.25, -0.2) is 4.98 Å². The minimum atomic E-state index is -0.0365. The minimum Gasteiger partial charge on any atom is -0.472 e. The molecule has 0 saturated heterocycles. The summed E-state index contributed by atoms with van der Waals surface area (Å²) in [6.45, 7) is 0. The van der Waals surface area contributed by atoms with Gasteiger partial charge in [-0.2, -0.15) is 11.8 Å². The topological polar surface area (TPSA) is 58.9 Å². The molecular formula is C13H10N2O2S2. The molecule has 0 radical (unpaired) electrons. The van der Waals surface area contributed by atoms with Gasteiger partial charge in [-0.3, -0.25) is 4.79 Å². The molecule has 0 atom stereocenters. The van der Waals surface area contributed by atoms with Crippen molar-refractivity contribution >= 4 is 33.3 Å². The number of nitrogens with one attached hydrogen (secondary N) is 1. The number of furan rings is 1. The molecule has 3 aromatic rings. The number of H-pyrrole nitrogens is 1. The van der Waals surface area contributed by atoms with E-state index in [9.17, 15) is 4.79 Å². The molecule has 0 aliphatic carbocycles. The van der Waals surface area contributed by atoms with E-state index in [1.165, 1.54) is 10.4 Å². The third-order valence-corrected chi connectivity index (χ3v) is 5.56. The summed E-state index contributed by atoms with van der Waals surface area (Å²) in [5.41, 5.74) is 1.97. The Labute approximate surface area is 116 Å². The summed E-state index contributed by atoms with van der Waals surface area (Å²) in [7, 11) is 0. The van der Waals surface area contributed by atoms with Gasteiger partial charge in [0.15, 0.2) is 0 Å². The Morgan fingerprint density at radius 2 is 2.37 bits per heavy atom. The van der Waals surface area contributed by atoms with Crippen LogP contribution in [0.3, 0.4) is 0 Å². The zero-order valence-corrected chi connectivity index (χ0v) is 11.6. The Morgan fingerprint density at radius 3 is 3.21 bits per heavy atom. The number of thioether (sulfide) groups is 1. The van der Waals surface area contributed by atoms with E-state index < -0.39 is 0 Å². The number of hydrogen-bond acceptors (Lipinski definition) is 5. The van der Waals surface area contributed by atoms with E-state index in [0.717, 1.165) is 33.7 Å². The van der Waals surface area contributed by atoms with Crippen LogP contribution < -0.4 is 5.56 Å². The first-order valence-corrected chi connectivity index (χ1v) is 7.95. The van der Waals surface area contributed by atoms with Crippen molar-refractivity contribution in [1.29, 1.82) is 0 Å². The lowest BCUT2D eigenvalue weighted by Gasteiger charge is -2.09. The van der Waals surface area contributed by atoms with Gasteiger partial charge in [0.2, 0.25) is 0 Å². The summed E-state index contributed by atoms with van der Waals surface area (Å²) in [6, 6.07) is 1.80. The van der Waals surface area contributed by atoms with Crippen LogP contribution in [0, 0.1) is 0 Å². The third kappa shape index (κ3) is 1.74. The Kier molecular flexibility index (Phi) is 2.53. The SMILES string of the molecule is O=c1[nH]c(-c2ccoc2)nc2sc3c(c12)CCSC3. The standard InChI is InChI=1S/C13H10N2O2S2/c16-12-10-8-2-4-18-6-9(8)19-13(10)15-11(14-12)7-1-3-17-5-7/h1,3,5H,2,4,6H2,(H,14,15,16). The van der Waals surface area contributed by atoms with Crippen LogP contribution in [-0.2, 0) is 12.2 Å². The highest BCUT2D eigenvalue weighted by Gasteiger charge is 2.20. The zero-order valence-electron chi connectivity index (χ0n) is 9.93. The van der Waals surface area contributed by atoms with Crippen LogP contribution in [0.5, 0.6) is 0 Å². The normalized spacial score (nSPS) is 14.7. The van der Waals surface area contributed by atoms with E-state index in [1.54, 1.807) is 29.9 Å². The fraction of sp³-hybridized carbons (Fsp3) is 0.231. The zero-order chi connectivity index (χ0) is 12.8. The minimum absolute atomic E-state index is 0.0365. The number of aryl methyl sites for hydroxylation is 1. The number of aromatic amines is 1. The van der Waals surface area contributed by atoms with Crippen LogP contribution >= 0.6 is 23.1 Å². The molecule has 1 N–H and O–H groups in total. The van der Waals surface area contributed by atoms with Crippen LogP contribution in [0.15, 0.2) is 27.8 Å². The first-order valence-electron chi connectivity index (χ1n) is 5.98. The fourth-order valence-corrected chi connectivity index (χ4v) is 4.72. The molecule has 6 heteroatoms. The maximum atomic E-state index is 12.3. The summed E-state index contributed by atoms with van der Waals surface area (Å²) in [5, 5.41) is 0.785. The quantitative estimate of drug-likeness (QED) is 0.748. The largest absolute Gasteiger partial charge is 0.472 e. The van der Waals surface area contributed by atoms with Gasteiger partial charge in [0.1, 0.15) is 16.9 Å². The molecule has 1 aliphatic heterocycles. The Hall–Kier alpha value is -1.53. The molecule has 96 valence electrons. The maximum Gasteiger partial charge on any atom is 0.260 e. The van der Waals surface area contributed by atoms with E-state index in [-0.39, 0.29) is 5.56 Å². The van der Waals surface area contributed by atoms with Crippen molar-refractivity contribution in [3.63, 3.8) is 0 Å². The molecule has 0 spiro atoms. The fourth-order valence-electron chi connectivity index (χ4n) is 2.37. The van der Waals surface area contributed by atoms with Gasteiger partial charge in [-0.15, -0.1) is 11.3 Å². The lowest BCUT2D eigenvalue weighted by Crippen LogP contribution is -2.11. The molecule has 19 heavy (non-hydrogen) atoms. The lowest BCUT2D eigenvalue weighted by molar-refractivity contribution is 0.568.